The lowest BCUT2D eigenvalue weighted by atomic mass is 9.87. The van der Waals surface area contributed by atoms with Crippen LogP contribution in [0.5, 0.6) is 17.2 Å². The Morgan fingerprint density at radius 3 is 2.50 bits per heavy atom. The molecule has 5 nitrogen and oxygen atoms in total. The van der Waals surface area contributed by atoms with Crippen LogP contribution in [0.3, 0.4) is 0 Å². The maximum absolute atomic E-state index is 10.8. The molecule has 1 fully saturated rings. The Morgan fingerprint density at radius 2 is 2.00 bits per heavy atom. The number of rotatable bonds is 4. The minimum Gasteiger partial charge on any atom is -0.504 e. The van der Waals surface area contributed by atoms with Crippen LogP contribution >= 0.6 is 11.6 Å². The molecule has 20 heavy (non-hydrogen) atoms. The Kier molecular flexibility index (Phi) is 4.21. The van der Waals surface area contributed by atoms with Crippen molar-refractivity contribution < 1.29 is 19.4 Å². The highest BCUT2D eigenvalue weighted by atomic mass is 35.5. The van der Waals surface area contributed by atoms with E-state index in [0.717, 1.165) is 12.8 Å². The number of hydrogen-bond acceptors (Lipinski definition) is 5. The van der Waals surface area contributed by atoms with Crippen molar-refractivity contribution in [2.75, 3.05) is 14.2 Å². The molecule has 1 aliphatic carbocycles. The fraction of sp³-hybridized carbons (Fsp3) is 0.500. The zero-order chi connectivity index (χ0) is 14.8. The van der Waals surface area contributed by atoms with Crippen molar-refractivity contribution in [3.63, 3.8) is 0 Å². The van der Waals surface area contributed by atoms with E-state index >= 15 is 0 Å². The minimum absolute atomic E-state index is 0.127. The lowest BCUT2D eigenvalue weighted by molar-refractivity contribution is 0.324. The van der Waals surface area contributed by atoms with Gasteiger partial charge < -0.3 is 14.6 Å². The van der Waals surface area contributed by atoms with Crippen molar-refractivity contribution in [3.05, 3.63) is 16.7 Å². The first kappa shape index (κ1) is 14.7. The molecule has 0 amide bonds. The van der Waals surface area contributed by atoms with Crippen molar-refractivity contribution in [1.82, 2.24) is 0 Å². The van der Waals surface area contributed by atoms with Crippen LogP contribution in [-0.4, -0.2) is 25.4 Å². The molecule has 6 heteroatoms. The fourth-order valence-corrected chi connectivity index (χ4v) is 3.22. The van der Waals surface area contributed by atoms with Gasteiger partial charge in [0.05, 0.1) is 19.2 Å². The van der Waals surface area contributed by atoms with Gasteiger partial charge >= 0.3 is 0 Å². The number of benzene rings is 1. The predicted octanol–water partition coefficient (Wildman–Crippen LogP) is 3.17. The molecule has 0 radical (unpaired) electrons. The first-order valence-electron chi connectivity index (χ1n) is 6.32. The summed E-state index contributed by atoms with van der Waals surface area (Å²) in [6, 6.07) is 1.57. The Morgan fingerprint density at radius 1 is 1.35 bits per heavy atom. The van der Waals surface area contributed by atoms with Crippen molar-refractivity contribution in [3.8, 4) is 17.2 Å². The molecular formula is C14H16ClNO4. The summed E-state index contributed by atoms with van der Waals surface area (Å²) >= 11 is 6.26. The average molecular weight is 298 g/mol. The topological polar surface area (TPSA) is 68.1 Å². The van der Waals surface area contributed by atoms with E-state index < -0.39 is 5.54 Å². The number of halogens is 1. The van der Waals surface area contributed by atoms with Crippen LogP contribution in [0.15, 0.2) is 11.1 Å². The summed E-state index contributed by atoms with van der Waals surface area (Å²) < 4.78 is 10.3. The number of hydrogen-bond donors (Lipinski definition) is 1. The van der Waals surface area contributed by atoms with Crippen LogP contribution in [-0.2, 0) is 10.3 Å². The van der Waals surface area contributed by atoms with Gasteiger partial charge in [0.1, 0.15) is 5.54 Å². The van der Waals surface area contributed by atoms with Crippen molar-refractivity contribution >= 4 is 17.7 Å². The standard InChI is InChI=1S/C14H16ClNO4/c1-19-10-7-9(15)11(12(18)13(10)20-2)14(16-8-17)5-3-4-6-14/h7,18H,3-6H2,1-2H3. The molecular weight excluding hydrogens is 282 g/mol. The van der Waals surface area contributed by atoms with E-state index in [4.69, 9.17) is 21.1 Å². The highest BCUT2D eigenvalue weighted by molar-refractivity contribution is 6.32. The van der Waals surface area contributed by atoms with E-state index in [-0.39, 0.29) is 11.5 Å². The van der Waals surface area contributed by atoms with Gasteiger partial charge in [-0.15, -0.1) is 0 Å². The molecule has 2 rings (SSSR count). The first-order chi connectivity index (χ1) is 9.59. The quantitative estimate of drug-likeness (QED) is 0.684. The van der Waals surface area contributed by atoms with Gasteiger partial charge in [-0.3, -0.25) is 0 Å². The third-order valence-electron chi connectivity index (χ3n) is 3.75. The van der Waals surface area contributed by atoms with Gasteiger partial charge in [0.25, 0.3) is 0 Å². The summed E-state index contributed by atoms with van der Waals surface area (Å²) in [5.74, 6) is 0.402. The molecule has 0 aliphatic heterocycles. The fourth-order valence-electron chi connectivity index (χ4n) is 2.85. The smallest absolute Gasteiger partial charge is 0.235 e. The van der Waals surface area contributed by atoms with E-state index in [9.17, 15) is 9.90 Å². The van der Waals surface area contributed by atoms with Crippen molar-refractivity contribution in [2.24, 2.45) is 4.99 Å². The van der Waals surface area contributed by atoms with Gasteiger partial charge in [0.2, 0.25) is 11.8 Å². The van der Waals surface area contributed by atoms with Crippen LogP contribution in [0.2, 0.25) is 5.02 Å². The summed E-state index contributed by atoms with van der Waals surface area (Å²) in [5.41, 5.74) is -0.402. The number of phenolic OH excluding ortho intramolecular Hbond substituents is 1. The molecule has 0 spiro atoms. The predicted molar refractivity (Wildman–Crippen MR) is 74.5 cm³/mol. The molecule has 0 aromatic heterocycles. The number of phenols is 1. The van der Waals surface area contributed by atoms with Gasteiger partial charge in [-0.2, -0.15) is 4.99 Å². The summed E-state index contributed by atoms with van der Waals surface area (Å²) in [6.07, 6.45) is 4.71. The molecule has 0 heterocycles. The van der Waals surface area contributed by atoms with Gasteiger partial charge in [-0.1, -0.05) is 24.4 Å². The second-order valence-electron chi connectivity index (χ2n) is 4.76. The van der Waals surface area contributed by atoms with Crippen LogP contribution in [0.25, 0.3) is 0 Å². The molecule has 1 saturated carbocycles. The number of isocyanates is 1. The SMILES string of the molecule is COc1cc(Cl)c(C2(N=C=O)CCCC2)c(O)c1OC. The number of aromatic hydroxyl groups is 1. The van der Waals surface area contributed by atoms with Crippen LogP contribution < -0.4 is 9.47 Å². The van der Waals surface area contributed by atoms with Crippen LogP contribution in [0, 0.1) is 0 Å². The molecule has 0 unspecified atom stereocenters. The van der Waals surface area contributed by atoms with Gasteiger partial charge in [0.15, 0.2) is 11.5 Å². The van der Waals surface area contributed by atoms with Crippen LogP contribution in [0.4, 0.5) is 0 Å². The molecule has 1 aromatic carbocycles. The van der Waals surface area contributed by atoms with Gasteiger partial charge in [-0.25, -0.2) is 4.79 Å². The third kappa shape index (κ3) is 2.23. The summed E-state index contributed by atoms with van der Waals surface area (Å²) in [5, 5.41) is 10.8. The molecule has 0 bridgehead atoms. The zero-order valence-corrected chi connectivity index (χ0v) is 12.2. The highest BCUT2D eigenvalue weighted by Crippen LogP contribution is 2.53. The lowest BCUT2D eigenvalue weighted by Crippen LogP contribution is -2.20. The van der Waals surface area contributed by atoms with E-state index in [1.54, 1.807) is 12.1 Å². The van der Waals surface area contributed by atoms with Gasteiger partial charge in [0, 0.05) is 11.6 Å². The second-order valence-corrected chi connectivity index (χ2v) is 5.17. The largest absolute Gasteiger partial charge is 0.504 e. The lowest BCUT2D eigenvalue weighted by Gasteiger charge is -2.26. The third-order valence-corrected chi connectivity index (χ3v) is 4.05. The van der Waals surface area contributed by atoms with E-state index in [1.165, 1.54) is 14.2 Å². The number of ether oxygens (including phenoxy) is 2. The van der Waals surface area contributed by atoms with Crippen molar-refractivity contribution in [1.29, 1.82) is 0 Å². The number of carbonyl (C=O) groups excluding carboxylic acids is 1. The molecule has 1 N–H and O–H groups in total. The normalized spacial score (nSPS) is 16.6. The maximum atomic E-state index is 10.8. The molecule has 108 valence electrons. The van der Waals surface area contributed by atoms with Crippen LogP contribution in [0.1, 0.15) is 31.2 Å². The summed E-state index contributed by atoms with van der Waals surface area (Å²) in [4.78, 5) is 14.7. The Bertz CT molecular complexity index is 561. The number of nitrogens with zero attached hydrogens (tertiary/aromatic N) is 1. The molecule has 0 atom stereocenters. The Balaban J connectivity index is 2.70. The molecule has 0 saturated heterocycles. The monoisotopic (exact) mass is 297 g/mol. The highest BCUT2D eigenvalue weighted by Gasteiger charge is 2.41. The zero-order valence-electron chi connectivity index (χ0n) is 11.4. The van der Waals surface area contributed by atoms with Crippen molar-refractivity contribution in [2.45, 2.75) is 31.2 Å². The number of aliphatic imine (C=N–C) groups is 1. The Hall–Kier alpha value is -1.71. The maximum Gasteiger partial charge on any atom is 0.235 e. The summed E-state index contributed by atoms with van der Waals surface area (Å²) in [6.45, 7) is 0. The van der Waals surface area contributed by atoms with E-state index in [0.29, 0.717) is 29.2 Å². The Labute approximate surface area is 122 Å². The first-order valence-corrected chi connectivity index (χ1v) is 6.70. The number of methoxy groups -OCH3 is 2. The molecule has 1 aromatic rings. The average Bonchev–Trinajstić information content (AvgIpc) is 2.87. The summed E-state index contributed by atoms with van der Waals surface area (Å²) in [7, 11) is 2.89. The second kappa shape index (κ2) is 5.73. The minimum atomic E-state index is -0.817. The van der Waals surface area contributed by atoms with E-state index in [2.05, 4.69) is 4.99 Å². The van der Waals surface area contributed by atoms with Gasteiger partial charge in [-0.05, 0) is 12.8 Å². The van der Waals surface area contributed by atoms with E-state index in [1.807, 2.05) is 0 Å². The molecule has 1 aliphatic rings.